The number of carbonyl (C=O) groups is 1. The number of esters is 1. The number of rotatable bonds is 3. The Morgan fingerprint density at radius 2 is 2.12 bits per heavy atom. The lowest BCUT2D eigenvalue weighted by Crippen LogP contribution is -2.00. The zero-order valence-electron chi connectivity index (χ0n) is 9.77. The maximum absolute atomic E-state index is 11.6. The maximum Gasteiger partial charge on any atom is 0.375 e. The molecule has 0 unspecified atom stereocenters. The van der Waals surface area contributed by atoms with Crippen LogP contribution in [0.3, 0.4) is 0 Å². The van der Waals surface area contributed by atoms with E-state index in [0.29, 0.717) is 11.3 Å². The lowest BCUT2D eigenvalue weighted by molar-refractivity contribution is 0.0562. The molecular weight excluding hydrogens is 240 g/mol. The Labute approximate surface area is 103 Å². The zero-order chi connectivity index (χ0) is 12.4. The fourth-order valence-electron chi connectivity index (χ4n) is 1.61. The van der Waals surface area contributed by atoms with Crippen LogP contribution in [0.5, 0.6) is 5.75 Å². The van der Waals surface area contributed by atoms with Crippen molar-refractivity contribution in [2.75, 3.05) is 20.5 Å². The van der Waals surface area contributed by atoms with Gasteiger partial charge in [-0.2, -0.15) is 0 Å². The van der Waals surface area contributed by atoms with Gasteiger partial charge in [0.25, 0.3) is 0 Å². The summed E-state index contributed by atoms with van der Waals surface area (Å²) in [6.07, 6.45) is 1.89. The van der Waals surface area contributed by atoms with E-state index in [2.05, 4.69) is 4.74 Å². The molecule has 0 bridgehead atoms. The molecule has 1 aromatic carbocycles. The molecule has 0 radical (unpaired) electrons. The molecule has 17 heavy (non-hydrogen) atoms. The molecule has 1 aromatic heterocycles. The molecule has 0 aliphatic carbocycles. The zero-order valence-corrected chi connectivity index (χ0v) is 10.6. The van der Waals surface area contributed by atoms with E-state index in [1.165, 1.54) is 18.9 Å². The smallest absolute Gasteiger partial charge is 0.375 e. The van der Waals surface area contributed by atoms with E-state index in [-0.39, 0.29) is 5.76 Å². The normalized spacial score (nSPS) is 10.5. The van der Waals surface area contributed by atoms with Crippen molar-refractivity contribution in [3.63, 3.8) is 0 Å². The van der Waals surface area contributed by atoms with E-state index in [4.69, 9.17) is 9.15 Å². The van der Waals surface area contributed by atoms with Gasteiger partial charge in [0, 0.05) is 11.5 Å². The molecule has 0 aliphatic rings. The molecule has 0 fully saturated rings. The van der Waals surface area contributed by atoms with Crippen LogP contribution in [0, 0.1) is 0 Å². The molecular formula is C12H12O4S. The average molecular weight is 252 g/mol. The third kappa shape index (κ3) is 1.98. The predicted molar refractivity (Wildman–Crippen MR) is 65.9 cm³/mol. The Morgan fingerprint density at radius 1 is 1.35 bits per heavy atom. The molecule has 0 atom stereocenters. The summed E-state index contributed by atoms with van der Waals surface area (Å²) in [7, 11) is 2.92. The topological polar surface area (TPSA) is 48.7 Å². The van der Waals surface area contributed by atoms with Crippen molar-refractivity contribution in [1.82, 2.24) is 0 Å². The Hall–Kier alpha value is -1.62. The molecule has 90 valence electrons. The van der Waals surface area contributed by atoms with Gasteiger partial charge in [-0.15, -0.1) is 11.8 Å². The van der Waals surface area contributed by atoms with E-state index in [9.17, 15) is 4.79 Å². The van der Waals surface area contributed by atoms with Crippen molar-refractivity contribution in [2.45, 2.75) is 4.90 Å². The third-order valence-electron chi connectivity index (χ3n) is 2.43. The Morgan fingerprint density at radius 3 is 2.71 bits per heavy atom. The molecule has 2 rings (SSSR count). The number of benzene rings is 1. The number of fused-ring (bicyclic) bond motifs is 1. The van der Waals surface area contributed by atoms with Crippen LogP contribution < -0.4 is 4.74 Å². The number of ether oxygens (including phenoxy) is 2. The van der Waals surface area contributed by atoms with Gasteiger partial charge in [-0.1, -0.05) is 0 Å². The highest BCUT2D eigenvalue weighted by atomic mass is 32.2. The molecule has 0 aliphatic heterocycles. The number of furan rings is 1. The van der Waals surface area contributed by atoms with Crippen LogP contribution in [-0.2, 0) is 4.74 Å². The summed E-state index contributed by atoms with van der Waals surface area (Å²) in [5.41, 5.74) is 0.620. The summed E-state index contributed by atoms with van der Waals surface area (Å²) < 4.78 is 15.3. The molecule has 5 heteroatoms. The van der Waals surface area contributed by atoms with E-state index in [0.717, 1.165) is 10.3 Å². The standard InChI is InChI=1S/C12H12O4S/c1-14-7-4-5-8-9(6-7)16-10(11(8)17-3)12(13)15-2/h4-6H,1-3H3. The van der Waals surface area contributed by atoms with Gasteiger partial charge in [0.1, 0.15) is 11.3 Å². The SMILES string of the molecule is COC(=O)c1oc2cc(OC)ccc2c1SC. The van der Waals surface area contributed by atoms with Gasteiger partial charge in [-0.05, 0) is 18.4 Å². The minimum absolute atomic E-state index is 0.239. The lowest BCUT2D eigenvalue weighted by Gasteiger charge is -1.98. The van der Waals surface area contributed by atoms with E-state index in [1.54, 1.807) is 13.2 Å². The molecule has 0 spiro atoms. The summed E-state index contributed by atoms with van der Waals surface area (Å²) in [6, 6.07) is 5.45. The van der Waals surface area contributed by atoms with Crippen LogP contribution in [-0.4, -0.2) is 26.4 Å². The largest absolute Gasteiger partial charge is 0.497 e. The number of hydrogen-bond donors (Lipinski definition) is 0. The highest BCUT2D eigenvalue weighted by molar-refractivity contribution is 7.98. The van der Waals surface area contributed by atoms with Crippen molar-refractivity contribution in [2.24, 2.45) is 0 Å². The third-order valence-corrected chi connectivity index (χ3v) is 3.24. The Balaban J connectivity index is 2.65. The Bertz CT molecular complexity index is 559. The second-order valence-corrected chi connectivity index (χ2v) is 4.13. The fourth-order valence-corrected chi connectivity index (χ4v) is 2.31. The average Bonchev–Trinajstić information content (AvgIpc) is 2.74. The number of thioether (sulfide) groups is 1. The summed E-state index contributed by atoms with van der Waals surface area (Å²) >= 11 is 1.45. The van der Waals surface area contributed by atoms with Crippen LogP contribution in [0.2, 0.25) is 0 Å². The molecule has 0 saturated heterocycles. The highest BCUT2D eigenvalue weighted by Crippen LogP contribution is 2.35. The number of methoxy groups -OCH3 is 2. The van der Waals surface area contributed by atoms with Crippen molar-refractivity contribution < 1.29 is 18.7 Å². The van der Waals surface area contributed by atoms with Gasteiger partial charge in [0.05, 0.1) is 19.1 Å². The summed E-state index contributed by atoms with van der Waals surface area (Å²) in [6.45, 7) is 0. The molecule has 0 N–H and O–H groups in total. The van der Waals surface area contributed by atoms with Gasteiger partial charge in [0.2, 0.25) is 5.76 Å². The summed E-state index contributed by atoms with van der Waals surface area (Å²) in [4.78, 5) is 12.3. The first-order valence-electron chi connectivity index (χ1n) is 4.94. The first kappa shape index (κ1) is 11.9. The van der Waals surface area contributed by atoms with E-state index >= 15 is 0 Å². The van der Waals surface area contributed by atoms with Crippen LogP contribution in [0.15, 0.2) is 27.5 Å². The number of hydrogen-bond acceptors (Lipinski definition) is 5. The summed E-state index contributed by atoms with van der Waals surface area (Å²) in [5.74, 6) is 0.461. The lowest BCUT2D eigenvalue weighted by atomic mass is 10.2. The first-order valence-corrected chi connectivity index (χ1v) is 6.16. The van der Waals surface area contributed by atoms with Crippen LogP contribution in [0.1, 0.15) is 10.6 Å². The van der Waals surface area contributed by atoms with Crippen LogP contribution >= 0.6 is 11.8 Å². The van der Waals surface area contributed by atoms with Crippen LogP contribution in [0.25, 0.3) is 11.0 Å². The quantitative estimate of drug-likeness (QED) is 0.621. The second-order valence-electron chi connectivity index (χ2n) is 3.32. The molecule has 0 saturated carbocycles. The monoisotopic (exact) mass is 252 g/mol. The van der Waals surface area contributed by atoms with Crippen molar-refractivity contribution in [3.8, 4) is 5.75 Å². The van der Waals surface area contributed by atoms with E-state index < -0.39 is 5.97 Å². The van der Waals surface area contributed by atoms with Gasteiger partial charge >= 0.3 is 5.97 Å². The van der Waals surface area contributed by atoms with Gasteiger partial charge in [-0.25, -0.2) is 4.79 Å². The Kier molecular flexibility index (Phi) is 3.28. The van der Waals surface area contributed by atoms with E-state index in [1.807, 2.05) is 18.4 Å². The van der Waals surface area contributed by atoms with Gasteiger partial charge in [-0.3, -0.25) is 0 Å². The van der Waals surface area contributed by atoms with Crippen molar-refractivity contribution >= 4 is 28.7 Å². The van der Waals surface area contributed by atoms with Crippen LogP contribution in [0.4, 0.5) is 0 Å². The number of carbonyl (C=O) groups excluding carboxylic acids is 1. The first-order chi connectivity index (χ1) is 8.21. The maximum atomic E-state index is 11.6. The fraction of sp³-hybridized carbons (Fsp3) is 0.250. The van der Waals surface area contributed by atoms with Gasteiger partial charge < -0.3 is 13.9 Å². The molecule has 0 amide bonds. The van der Waals surface area contributed by atoms with Gasteiger partial charge in [0.15, 0.2) is 0 Å². The summed E-state index contributed by atoms with van der Waals surface area (Å²) in [5, 5.41) is 0.888. The molecule has 2 aromatic rings. The second kappa shape index (κ2) is 4.71. The molecule has 4 nitrogen and oxygen atoms in total. The molecule has 1 heterocycles. The van der Waals surface area contributed by atoms with Crippen molar-refractivity contribution in [1.29, 1.82) is 0 Å². The minimum Gasteiger partial charge on any atom is -0.497 e. The minimum atomic E-state index is -0.468. The van der Waals surface area contributed by atoms with Crippen molar-refractivity contribution in [3.05, 3.63) is 24.0 Å². The predicted octanol–water partition coefficient (Wildman–Crippen LogP) is 2.95. The highest BCUT2D eigenvalue weighted by Gasteiger charge is 2.20.